The van der Waals surface area contributed by atoms with Gasteiger partial charge in [0.05, 0.1) is 17.3 Å². The number of benzene rings is 2. The second-order valence-corrected chi connectivity index (χ2v) is 6.24. The third-order valence-electron chi connectivity index (χ3n) is 4.60. The van der Waals surface area contributed by atoms with Crippen molar-refractivity contribution in [2.24, 2.45) is 4.99 Å². The molecule has 7 heteroatoms. The predicted molar refractivity (Wildman–Crippen MR) is 101 cm³/mol. The summed E-state index contributed by atoms with van der Waals surface area (Å²) in [6.45, 7) is 2.92. The zero-order chi connectivity index (χ0) is 19.2. The van der Waals surface area contributed by atoms with E-state index in [2.05, 4.69) is 15.2 Å². The Bertz CT molecular complexity index is 867. The fourth-order valence-corrected chi connectivity index (χ4v) is 3.15. The number of nitriles is 1. The minimum Gasteiger partial charge on any atom is -0.366 e. The molecule has 0 unspecified atom stereocenters. The lowest BCUT2D eigenvalue weighted by Gasteiger charge is -2.37. The predicted octanol–water partition coefficient (Wildman–Crippen LogP) is 2.73. The number of hydrogen-bond donors (Lipinski definition) is 1. The highest BCUT2D eigenvalue weighted by Crippen LogP contribution is 2.20. The highest BCUT2D eigenvalue weighted by atomic mass is 19.1. The van der Waals surface area contributed by atoms with Crippen molar-refractivity contribution >= 4 is 11.6 Å². The zero-order valence-corrected chi connectivity index (χ0v) is 15.1. The van der Waals surface area contributed by atoms with Gasteiger partial charge < -0.3 is 15.1 Å². The highest BCUT2D eigenvalue weighted by molar-refractivity contribution is 5.80. The van der Waals surface area contributed by atoms with Gasteiger partial charge in [-0.1, -0.05) is 12.1 Å². The first-order valence-electron chi connectivity index (χ1n) is 8.76. The van der Waals surface area contributed by atoms with Crippen LogP contribution in [0.4, 0.5) is 14.5 Å². The largest absolute Gasteiger partial charge is 0.366 e. The van der Waals surface area contributed by atoms with Crippen molar-refractivity contribution in [3.8, 4) is 6.07 Å². The van der Waals surface area contributed by atoms with Gasteiger partial charge in [0.15, 0.2) is 5.96 Å². The summed E-state index contributed by atoms with van der Waals surface area (Å²) in [4.78, 5) is 8.33. The van der Waals surface area contributed by atoms with Crippen LogP contribution in [-0.4, -0.2) is 44.1 Å². The summed E-state index contributed by atoms with van der Waals surface area (Å²) in [5.74, 6) is 0.0765. The van der Waals surface area contributed by atoms with Gasteiger partial charge in [-0.2, -0.15) is 5.26 Å². The number of aliphatic imine (C=N–C) groups is 1. The van der Waals surface area contributed by atoms with Gasteiger partial charge in [0.25, 0.3) is 0 Å². The molecule has 0 amide bonds. The molecule has 1 saturated heterocycles. The molecule has 27 heavy (non-hydrogen) atoms. The van der Waals surface area contributed by atoms with E-state index >= 15 is 0 Å². The topological polar surface area (TPSA) is 54.7 Å². The number of piperazine rings is 1. The Labute approximate surface area is 157 Å². The Kier molecular flexibility index (Phi) is 5.87. The van der Waals surface area contributed by atoms with Crippen LogP contribution in [0.3, 0.4) is 0 Å². The maximum absolute atomic E-state index is 14.0. The molecule has 3 rings (SSSR count). The van der Waals surface area contributed by atoms with Crippen LogP contribution in [0.15, 0.2) is 47.5 Å². The fraction of sp³-hybridized carbons (Fsp3) is 0.300. The third kappa shape index (κ3) is 4.34. The van der Waals surface area contributed by atoms with Crippen LogP contribution in [-0.2, 0) is 6.54 Å². The first kappa shape index (κ1) is 18.6. The normalized spacial score (nSPS) is 14.8. The molecule has 1 heterocycles. The SMILES string of the molecule is CN=C(NCc1cc(C#N)ccc1F)N1CCN(c2ccccc2F)CC1. The van der Waals surface area contributed by atoms with Gasteiger partial charge in [-0.05, 0) is 30.3 Å². The minimum atomic E-state index is -0.360. The van der Waals surface area contributed by atoms with Crippen LogP contribution >= 0.6 is 0 Å². The lowest BCUT2D eigenvalue weighted by molar-refractivity contribution is 0.370. The summed E-state index contributed by atoms with van der Waals surface area (Å²) in [7, 11) is 1.67. The van der Waals surface area contributed by atoms with Gasteiger partial charge in [-0.25, -0.2) is 8.78 Å². The van der Waals surface area contributed by atoms with Gasteiger partial charge in [0.1, 0.15) is 11.6 Å². The molecule has 0 aromatic heterocycles. The van der Waals surface area contributed by atoms with Crippen molar-refractivity contribution in [2.45, 2.75) is 6.54 Å². The monoisotopic (exact) mass is 369 g/mol. The van der Waals surface area contributed by atoms with Crippen LogP contribution in [0.5, 0.6) is 0 Å². The first-order valence-corrected chi connectivity index (χ1v) is 8.76. The van der Waals surface area contributed by atoms with E-state index in [1.807, 2.05) is 17.0 Å². The van der Waals surface area contributed by atoms with Gasteiger partial charge >= 0.3 is 0 Å². The van der Waals surface area contributed by atoms with E-state index in [1.165, 1.54) is 24.3 Å². The Morgan fingerprint density at radius 2 is 1.85 bits per heavy atom. The molecule has 1 aliphatic heterocycles. The van der Waals surface area contributed by atoms with Crippen molar-refractivity contribution in [1.29, 1.82) is 5.26 Å². The Hall–Kier alpha value is -3.14. The molecule has 140 valence electrons. The Morgan fingerprint density at radius 1 is 1.11 bits per heavy atom. The molecule has 1 N–H and O–H groups in total. The second kappa shape index (κ2) is 8.49. The number of rotatable bonds is 3. The first-order chi connectivity index (χ1) is 13.1. The van der Waals surface area contributed by atoms with Crippen LogP contribution in [0.1, 0.15) is 11.1 Å². The Morgan fingerprint density at radius 3 is 2.52 bits per heavy atom. The molecule has 0 atom stereocenters. The van der Waals surface area contributed by atoms with Crippen molar-refractivity contribution in [3.05, 3.63) is 65.2 Å². The quantitative estimate of drug-likeness (QED) is 0.668. The van der Waals surface area contributed by atoms with Crippen molar-refractivity contribution in [1.82, 2.24) is 10.2 Å². The van der Waals surface area contributed by atoms with Crippen LogP contribution in [0.25, 0.3) is 0 Å². The van der Waals surface area contributed by atoms with Crippen molar-refractivity contribution in [3.63, 3.8) is 0 Å². The molecule has 0 aliphatic carbocycles. The van der Waals surface area contributed by atoms with E-state index in [4.69, 9.17) is 5.26 Å². The van der Waals surface area contributed by atoms with E-state index in [0.717, 1.165) is 0 Å². The van der Waals surface area contributed by atoms with E-state index in [1.54, 1.807) is 19.2 Å². The van der Waals surface area contributed by atoms with Gasteiger partial charge in [-0.3, -0.25) is 4.99 Å². The molecule has 2 aromatic carbocycles. The summed E-state index contributed by atoms with van der Waals surface area (Å²) < 4.78 is 27.9. The van der Waals surface area contributed by atoms with E-state index in [-0.39, 0.29) is 18.2 Å². The molecule has 0 bridgehead atoms. The average Bonchev–Trinajstić information content (AvgIpc) is 2.70. The van der Waals surface area contributed by atoms with Crippen LogP contribution in [0, 0.1) is 23.0 Å². The van der Waals surface area contributed by atoms with Gasteiger partial charge in [-0.15, -0.1) is 0 Å². The maximum Gasteiger partial charge on any atom is 0.194 e. The zero-order valence-electron chi connectivity index (χ0n) is 15.1. The van der Waals surface area contributed by atoms with Gasteiger partial charge in [0, 0.05) is 45.3 Å². The molecule has 1 aliphatic rings. The summed E-state index contributed by atoms with van der Waals surface area (Å²) in [6, 6.07) is 13.1. The summed E-state index contributed by atoms with van der Waals surface area (Å²) >= 11 is 0. The number of halogens is 2. The number of hydrogen-bond acceptors (Lipinski definition) is 3. The van der Waals surface area contributed by atoms with Crippen molar-refractivity contribution < 1.29 is 8.78 Å². The molecule has 1 fully saturated rings. The fourth-order valence-electron chi connectivity index (χ4n) is 3.15. The number of nitrogens with zero attached hydrogens (tertiary/aromatic N) is 4. The Balaban J connectivity index is 1.60. The minimum absolute atomic E-state index is 0.221. The molecule has 0 saturated carbocycles. The molecule has 0 radical (unpaired) electrons. The standard InChI is InChI=1S/C20H21F2N5/c1-24-20(25-14-16-12-15(13-23)6-7-17(16)21)27-10-8-26(9-11-27)19-5-3-2-4-18(19)22/h2-7,12H,8-11,14H2,1H3,(H,24,25). The summed E-state index contributed by atoms with van der Waals surface area (Å²) in [6.07, 6.45) is 0. The van der Waals surface area contributed by atoms with Crippen LogP contribution < -0.4 is 10.2 Å². The number of anilines is 1. The van der Waals surface area contributed by atoms with Crippen LogP contribution in [0.2, 0.25) is 0 Å². The second-order valence-electron chi connectivity index (χ2n) is 6.24. The average molecular weight is 369 g/mol. The maximum atomic E-state index is 14.0. The lowest BCUT2D eigenvalue weighted by atomic mass is 10.1. The summed E-state index contributed by atoms with van der Waals surface area (Å²) in [5.41, 5.74) is 1.44. The number of guanidine groups is 1. The molecular weight excluding hydrogens is 348 g/mol. The molecular formula is C20H21F2N5. The smallest absolute Gasteiger partial charge is 0.194 e. The third-order valence-corrected chi connectivity index (χ3v) is 4.60. The highest BCUT2D eigenvalue weighted by Gasteiger charge is 2.21. The summed E-state index contributed by atoms with van der Waals surface area (Å²) in [5, 5.41) is 12.1. The number of para-hydroxylation sites is 1. The molecule has 0 spiro atoms. The molecule has 2 aromatic rings. The van der Waals surface area contributed by atoms with E-state index < -0.39 is 0 Å². The lowest BCUT2D eigenvalue weighted by Crippen LogP contribution is -2.52. The van der Waals surface area contributed by atoms with E-state index in [0.29, 0.717) is 49.0 Å². The van der Waals surface area contributed by atoms with Crippen molar-refractivity contribution in [2.75, 3.05) is 38.1 Å². The number of nitrogens with one attached hydrogen (secondary N) is 1. The van der Waals surface area contributed by atoms with E-state index in [9.17, 15) is 8.78 Å². The van der Waals surface area contributed by atoms with Gasteiger partial charge in [0.2, 0.25) is 0 Å². The molecule has 5 nitrogen and oxygen atoms in total.